The lowest BCUT2D eigenvalue weighted by atomic mass is 10.1. The number of rotatable bonds is 4. The van der Waals surface area contributed by atoms with Crippen LogP contribution >= 0.6 is 0 Å². The Balaban J connectivity index is 1.46. The van der Waals surface area contributed by atoms with Crippen molar-refractivity contribution in [1.29, 1.82) is 0 Å². The van der Waals surface area contributed by atoms with Crippen molar-refractivity contribution in [1.82, 2.24) is 23.7 Å². The molecule has 1 amide bonds. The number of aromatic nitrogens is 2. The summed E-state index contributed by atoms with van der Waals surface area (Å²) in [5.41, 5.74) is 2.30. The molecule has 2 aliphatic heterocycles. The molecule has 2 aromatic rings. The average molecular weight is 418 g/mol. The summed E-state index contributed by atoms with van der Waals surface area (Å²) in [5, 5.41) is 0.0623. The maximum absolute atomic E-state index is 13.1. The van der Waals surface area contributed by atoms with E-state index in [1.807, 2.05) is 30.0 Å². The summed E-state index contributed by atoms with van der Waals surface area (Å²) < 4.78 is 28.9. The summed E-state index contributed by atoms with van der Waals surface area (Å²) in [6.45, 7) is 5.33. The molecule has 2 saturated heterocycles. The average Bonchev–Trinajstić information content (AvgIpc) is 3.00. The van der Waals surface area contributed by atoms with Crippen molar-refractivity contribution in [2.45, 2.75) is 31.0 Å². The van der Waals surface area contributed by atoms with Gasteiger partial charge in [-0.05, 0) is 18.9 Å². The summed E-state index contributed by atoms with van der Waals surface area (Å²) in [6, 6.07) is 7.94. The van der Waals surface area contributed by atoms with Gasteiger partial charge >= 0.3 is 0 Å². The molecule has 0 spiro atoms. The molecule has 1 atom stereocenters. The van der Waals surface area contributed by atoms with Crippen LogP contribution in [0.5, 0.6) is 0 Å². The first-order valence-corrected chi connectivity index (χ1v) is 11.3. The van der Waals surface area contributed by atoms with E-state index in [4.69, 9.17) is 0 Å². The second kappa shape index (κ2) is 7.89. The minimum atomic E-state index is -3.64. The van der Waals surface area contributed by atoms with E-state index in [2.05, 4.69) is 16.0 Å². The van der Waals surface area contributed by atoms with Crippen LogP contribution in [0.25, 0.3) is 0 Å². The molecule has 156 valence electrons. The minimum Gasteiger partial charge on any atom is -0.339 e. The van der Waals surface area contributed by atoms with E-state index in [0.717, 1.165) is 12.1 Å². The SMILES string of the molecule is Cc1cccc(CN2CCN3CCN(S(=O)(=O)c4cn(C)cn4)CCC3C2=O)c1. The Morgan fingerprint density at radius 1 is 1.14 bits per heavy atom. The number of sulfonamides is 1. The normalized spacial score (nSPS) is 21.8. The van der Waals surface area contributed by atoms with E-state index < -0.39 is 10.0 Å². The van der Waals surface area contributed by atoms with Crippen molar-refractivity contribution in [2.24, 2.45) is 7.05 Å². The van der Waals surface area contributed by atoms with Crippen LogP contribution in [0.3, 0.4) is 0 Å². The standard InChI is InChI=1S/C20H27N5O3S/c1-16-4-3-5-17(12-16)13-24-9-8-23-10-11-25(7-6-18(23)20(24)26)29(27,28)19-14-22(2)15-21-19/h3-5,12,14-15,18H,6-11,13H2,1-2H3. The molecule has 4 rings (SSSR count). The van der Waals surface area contributed by atoms with Crippen LogP contribution in [0.2, 0.25) is 0 Å². The summed E-state index contributed by atoms with van der Waals surface area (Å²) in [6.07, 6.45) is 3.50. The molecule has 3 heterocycles. The largest absolute Gasteiger partial charge is 0.339 e. The maximum Gasteiger partial charge on any atom is 0.262 e. The topological polar surface area (TPSA) is 78.8 Å². The minimum absolute atomic E-state index is 0.0623. The Labute approximate surface area is 171 Å². The van der Waals surface area contributed by atoms with Crippen LogP contribution in [0.15, 0.2) is 41.8 Å². The third-order valence-electron chi connectivity index (χ3n) is 5.72. The lowest BCUT2D eigenvalue weighted by molar-refractivity contribution is -0.142. The number of benzene rings is 1. The number of fused-ring (bicyclic) bond motifs is 1. The number of carbonyl (C=O) groups excluding carboxylic acids is 1. The van der Waals surface area contributed by atoms with Crippen LogP contribution in [0.1, 0.15) is 17.5 Å². The Kier molecular flexibility index (Phi) is 5.46. The lowest BCUT2D eigenvalue weighted by Gasteiger charge is -2.39. The van der Waals surface area contributed by atoms with E-state index in [1.54, 1.807) is 11.6 Å². The summed E-state index contributed by atoms with van der Waals surface area (Å²) >= 11 is 0. The highest BCUT2D eigenvalue weighted by Gasteiger charge is 2.39. The predicted octanol–water partition coefficient (Wildman–Crippen LogP) is 0.836. The zero-order valence-corrected chi connectivity index (χ0v) is 17.7. The second-order valence-corrected chi connectivity index (χ2v) is 9.76. The van der Waals surface area contributed by atoms with Crippen LogP contribution in [-0.4, -0.2) is 76.7 Å². The zero-order chi connectivity index (χ0) is 20.6. The zero-order valence-electron chi connectivity index (χ0n) is 16.9. The van der Waals surface area contributed by atoms with Gasteiger partial charge in [0.1, 0.15) is 0 Å². The molecule has 29 heavy (non-hydrogen) atoms. The van der Waals surface area contributed by atoms with Gasteiger partial charge in [0.2, 0.25) is 5.91 Å². The first-order valence-electron chi connectivity index (χ1n) is 9.91. The van der Waals surface area contributed by atoms with Crippen molar-refractivity contribution in [3.63, 3.8) is 0 Å². The molecule has 1 unspecified atom stereocenters. The molecular weight excluding hydrogens is 390 g/mol. The van der Waals surface area contributed by atoms with Crippen molar-refractivity contribution in [3.8, 4) is 0 Å². The van der Waals surface area contributed by atoms with Gasteiger partial charge in [0.25, 0.3) is 10.0 Å². The van der Waals surface area contributed by atoms with Gasteiger partial charge in [-0.3, -0.25) is 9.69 Å². The monoisotopic (exact) mass is 417 g/mol. The van der Waals surface area contributed by atoms with Gasteiger partial charge in [-0.15, -0.1) is 0 Å². The highest BCUT2D eigenvalue weighted by Crippen LogP contribution is 2.23. The van der Waals surface area contributed by atoms with Crippen molar-refractivity contribution in [3.05, 3.63) is 47.9 Å². The van der Waals surface area contributed by atoms with Gasteiger partial charge in [-0.1, -0.05) is 29.8 Å². The van der Waals surface area contributed by atoms with Crippen molar-refractivity contribution < 1.29 is 13.2 Å². The van der Waals surface area contributed by atoms with E-state index >= 15 is 0 Å². The molecule has 0 bridgehead atoms. The fourth-order valence-electron chi connectivity index (χ4n) is 4.16. The Morgan fingerprint density at radius 2 is 1.93 bits per heavy atom. The Hall–Kier alpha value is -2.23. The highest BCUT2D eigenvalue weighted by atomic mass is 32.2. The predicted molar refractivity (Wildman–Crippen MR) is 109 cm³/mol. The number of aryl methyl sites for hydroxylation is 2. The van der Waals surface area contributed by atoms with Gasteiger partial charge in [-0.2, -0.15) is 4.31 Å². The third-order valence-corrected chi connectivity index (χ3v) is 7.51. The number of imidazole rings is 1. The second-order valence-electron chi connectivity index (χ2n) is 7.87. The highest BCUT2D eigenvalue weighted by molar-refractivity contribution is 7.89. The molecule has 0 saturated carbocycles. The molecule has 0 radical (unpaired) electrons. The number of carbonyl (C=O) groups is 1. The smallest absolute Gasteiger partial charge is 0.262 e. The van der Waals surface area contributed by atoms with E-state index in [9.17, 15) is 13.2 Å². The molecule has 1 aromatic carbocycles. The molecule has 8 nitrogen and oxygen atoms in total. The molecule has 0 N–H and O–H groups in total. The van der Waals surface area contributed by atoms with E-state index in [0.29, 0.717) is 39.1 Å². The molecule has 9 heteroatoms. The van der Waals surface area contributed by atoms with Crippen molar-refractivity contribution >= 4 is 15.9 Å². The number of amides is 1. The lowest BCUT2D eigenvalue weighted by Crippen LogP contribution is -2.56. The quantitative estimate of drug-likeness (QED) is 0.737. The van der Waals surface area contributed by atoms with E-state index in [1.165, 1.54) is 22.4 Å². The molecule has 2 aliphatic rings. The van der Waals surface area contributed by atoms with Crippen LogP contribution in [0, 0.1) is 6.92 Å². The maximum atomic E-state index is 13.1. The van der Waals surface area contributed by atoms with Crippen LogP contribution in [-0.2, 0) is 28.4 Å². The third kappa shape index (κ3) is 4.08. The molecule has 2 fully saturated rings. The summed E-state index contributed by atoms with van der Waals surface area (Å²) in [4.78, 5) is 21.2. The van der Waals surface area contributed by atoms with Gasteiger partial charge in [0, 0.05) is 52.5 Å². The fourth-order valence-corrected chi connectivity index (χ4v) is 5.57. The summed E-state index contributed by atoms with van der Waals surface area (Å²) in [7, 11) is -1.90. The van der Waals surface area contributed by atoms with Gasteiger partial charge < -0.3 is 9.47 Å². The number of hydrogen-bond acceptors (Lipinski definition) is 5. The first-order chi connectivity index (χ1) is 13.8. The van der Waals surface area contributed by atoms with Crippen molar-refractivity contribution in [2.75, 3.05) is 32.7 Å². The van der Waals surface area contributed by atoms with Gasteiger partial charge in [-0.25, -0.2) is 13.4 Å². The van der Waals surface area contributed by atoms with Gasteiger partial charge in [0.05, 0.1) is 12.4 Å². The fraction of sp³-hybridized carbons (Fsp3) is 0.500. The van der Waals surface area contributed by atoms with Crippen LogP contribution in [0.4, 0.5) is 0 Å². The number of piperazine rings is 1. The molecule has 1 aromatic heterocycles. The Morgan fingerprint density at radius 3 is 2.66 bits per heavy atom. The molecule has 0 aliphatic carbocycles. The Bertz CT molecular complexity index is 1000. The first kappa shape index (κ1) is 20.1. The summed E-state index contributed by atoms with van der Waals surface area (Å²) in [5.74, 6) is 0.0924. The van der Waals surface area contributed by atoms with Gasteiger partial charge in [0.15, 0.2) is 5.03 Å². The molecular formula is C20H27N5O3S. The number of nitrogens with zero attached hydrogens (tertiary/aromatic N) is 5. The van der Waals surface area contributed by atoms with E-state index in [-0.39, 0.29) is 17.0 Å². The number of hydrogen-bond donors (Lipinski definition) is 0. The van der Waals surface area contributed by atoms with Crippen LogP contribution < -0.4 is 0 Å².